The molecule has 1 aromatic rings. The summed E-state index contributed by atoms with van der Waals surface area (Å²) in [6.45, 7) is 10.7. The van der Waals surface area contributed by atoms with E-state index >= 15 is 0 Å². The zero-order valence-electron chi connectivity index (χ0n) is 12.3. The van der Waals surface area contributed by atoms with Crippen molar-refractivity contribution in [3.8, 4) is 0 Å². The normalized spacial score (nSPS) is 14.0. The van der Waals surface area contributed by atoms with Crippen LogP contribution in [0.25, 0.3) is 0 Å². The van der Waals surface area contributed by atoms with Crippen LogP contribution in [0.5, 0.6) is 0 Å². The number of nitrogens with one attached hydrogen (secondary N) is 2. The second kappa shape index (κ2) is 6.83. The number of hydrogen-bond acceptors (Lipinski definition) is 4. The third-order valence-corrected chi connectivity index (χ3v) is 5.93. The molecule has 1 rings (SSSR count). The van der Waals surface area contributed by atoms with Gasteiger partial charge >= 0.3 is 0 Å². The smallest absolute Gasteiger partial charge is 0.215 e. The van der Waals surface area contributed by atoms with Crippen molar-refractivity contribution in [1.29, 1.82) is 0 Å². The Bertz CT molecular complexity index is 487. The lowest BCUT2D eigenvalue weighted by molar-refractivity contribution is 0.541. The fourth-order valence-corrected chi connectivity index (χ4v) is 3.60. The van der Waals surface area contributed by atoms with E-state index < -0.39 is 15.3 Å². The molecular weight excluding hydrogens is 280 g/mol. The van der Waals surface area contributed by atoms with E-state index in [-0.39, 0.29) is 0 Å². The predicted octanol–water partition coefficient (Wildman–Crippen LogP) is 2.17. The van der Waals surface area contributed by atoms with Crippen LogP contribution in [0.4, 0.5) is 0 Å². The summed E-state index contributed by atoms with van der Waals surface area (Å²) in [7, 11) is -3.26. The first-order chi connectivity index (χ1) is 8.72. The second-order valence-corrected chi connectivity index (χ2v) is 8.72. The van der Waals surface area contributed by atoms with Crippen molar-refractivity contribution < 1.29 is 8.42 Å². The summed E-state index contributed by atoms with van der Waals surface area (Å²) in [6.07, 6.45) is 0. The summed E-state index contributed by atoms with van der Waals surface area (Å²) in [6, 6.07) is 2.33. The molecule has 0 spiro atoms. The van der Waals surface area contributed by atoms with Crippen molar-refractivity contribution in [2.75, 3.05) is 6.54 Å². The van der Waals surface area contributed by atoms with Gasteiger partial charge in [0, 0.05) is 28.9 Å². The fourth-order valence-electron chi connectivity index (χ4n) is 1.56. The lowest BCUT2D eigenvalue weighted by Crippen LogP contribution is -2.40. The lowest BCUT2D eigenvalue weighted by atomic mass is 10.3. The number of sulfonamides is 1. The van der Waals surface area contributed by atoms with Crippen molar-refractivity contribution in [3.63, 3.8) is 0 Å². The standard InChI is InChI=1S/C13H24N2O2S2/c1-9(2)14-7-11(4)19(16,17)15-8-13-6-10(3)12(5)18-13/h6,9,11,14-15H,7-8H2,1-5H3. The Morgan fingerprint density at radius 2 is 1.89 bits per heavy atom. The van der Waals surface area contributed by atoms with Gasteiger partial charge in [0.25, 0.3) is 0 Å². The maximum absolute atomic E-state index is 12.1. The third-order valence-electron chi connectivity index (χ3n) is 3.01. The van der Waals surface area contributed by atoms with Gasteiger partial charge in [-0.1, -0.05) is 13.8 Å². The monoisotopic (exact) mass is 304 g/mol. The van der Waals surface area contributed by atoms with Crippen LogP contribution in [0.2, 0.25) is 0 Å². The molecule has 0 saturated heterocycles. The molecule has 0 aromatic carbocycles. The summed E-state index contributed by atoms with van der Waals surface area (Å²) in [5, 5.41) is 2.71. The molecule has 0 amide bonds. The SMILES string of the molecule is Cc1cc(CNS(=O)(=O)C(C)CNC(C)C)sc1C. The van der Waals surface area contributed by atoms with Gasteiger partial charge in [-0.2, -0.15) is 0 Å². The molecule has 0 aliphatic carbocycles. The number of aryl methyl sites for hydroxylation is 2. The van der Waals surface area contributed by atoms with Gasteiger partial charge in [-0.3, -0.25) is 0 Å². The van der Waals surface area contributed by atoms with Crippen LogP contribution in [-0.2, 0) is 16.6 Å². The number of rotatable bonds is 7. The Hall–Kier alpha value is -0.430. The summed E-state index contributed by atoms with van der Waals surface area (Å²) in [4.78, 5) is 2.30. The Morgan fingerprint density at radius 1 is 1.26 bits per heavy atom. The second-order valence-electron chi connectivity index (χ2n) is 5.19. The van der Waals surface area contributed by atoms with E-state index in [9.17, 15) is 8.42 Å². The highest BCUT2D eigenvalue weighted by Gasteiger charge is 2.20. The molecule has 110 valence electrons. The maximum Gasteiger partial charge on any atom is 0.215 e. The van der Waals surface area contributed by atoms with E-state index in [1.807, 2.05) is 33.8 Å². The van der Waals surface area contributed by atoms with Gasteiger partial charge < -0.3 is 5.32 Å². The van der Waals surface area contributed by atoms with Gasteiger partial charge in [-0.25, -0.2) is 13.1 Å². The maximum atomic E-state index is 12.1. The largest absolute Gasteiger partial charge is 0.313 e. The molecule has 6 heteroatoms. The van der Waals surface area contributed by atoms with E-state index in [1.165, 1.54) is 10.4 Å². The minimum Gasteiger partial charge on any atom is -0.313 e. The third kappa shape index (κ3) is 5.22. The molecule has 1 atom stereocenters. The van der Waals surface area contributed by atoms with Gasteiger partial charge in [0.15, 0.2) is 0 Å². The summed E-state index contributed by atoms with van der Waals surface area (Å²) in [5.41, 5.74) is 1.22. The molecule has 0 radical (unpaired) electrons. The Morgan fingerprint density at radius 3 is 2.37 bits per heavy atom. The van der Waals surface area contributed by atoms with Crippen LogP contribution < -0.4 is 10.0 Å². The summed E-state index contributed by atoms with van der Waals surface area (Å²) in [5.74, 6) is 0. The van der Waals surface area contributed by atoms with E-state index in [0.717, 1.165) is 4.88 Å². The van der Waals surface area contributed by atoms with E-state index in [1.54, 1.807) is 18.3 Å². The molecule has 0 bridgehead atoms. The van der Waals surface area contributed by atoms with Crippen molar-refractivity contribution in [3.05, 3.63) is 21.4 Å². The van der Waals surface area contributed by atoms with Gasteiger partial charge in [-0.05, 0) is 32.4 Å². The van der Waals surface area contributed by atoms with E-state index in [4.69, 9.17) is 0 Å². The van der Waals surface area contributed by atoms with Crippen molar-refractivity contribution in [2.24, 2.45) is 0 Å². The van der Waals surface area contributed by atoms with Crippen molar-refractivity contribution in [1.82, 2.24) is 10.0 Å². The summed E-state index contributed by atoms with van der Waals surface area (Å²) < 4.78 is 26.8. The molecule has 0 saturated carbocycles. The van der Waals surface area contributed by atoms with Crippen LogP contribution in [-0.4, -0.2) is 26.3 Å². The van der Waals surface area contributed by atoms with Crippen molar-refractivity contribution >= 4 is 21.4 Å². The molecule has 2 N–H and O–H groups in total. The van der Waals surface area contributed by atoms with Gasteiger partial charge in [0.05, 0.1) is 5.25 Å². The fraction of sp³-hybridized carbons (Fsp3) is 0.692. The first-order valence-electron chi connectivity index (χ1n) is 6.50. The lowest BCUT2D eigenvalue weighted by Gasteiger charge is -2.16. The molecule has 19 heavy (non-hydrogen) atoms. The first-order valence-corrected chi connectivity index (χ1v) is 8.86. The van der Waals surface area contributed by atoms with Gasteiger partial charge in [0.1, 0.15) is 0 Å². The van der Waals surface area contributed by atoms with Crippen LogP contribution in [0.1, 0.15) is 36.1 Å². The van der Waals surface area contributed by atoms with E-state index in [2.05, 4.69) is 10.0 Å². The predicted molar refractivity (Wildman–Crippen MR) is 82.2 cm³/mol. The quantitative estimate of drug-likeness (QED) is 0.811. The van der Waals surface area contributed by atoms with Crippen LogP contribution >= 0.6 is 11.3 Å². The van der Waals surface area contributed by atoms with Crippen LogP contribution in [0.3, 0.4) is 0 Å². The molecule has 1 aromatic heterocycles. The summed E-state index contributed by atoms with van der Waals surface area (Å²) >= 11 is 1.64. The first kappa shape index (κ1) is 16.6. The molecule has 1 unspecified atom stereocenters. The minimum atomic E-state index is -3.26. The van der Waals surface area contributed by atoms with E-state index in [0.29, 0.717) is 19.1 Å². The van der Waals surface area contributed by atoms with Gasteiger partial charge in [-0.15, -0.1) is 11.3 Å². The molecule has 1 heterocycles. The highest BCUT2D eigenvalue weighted by molar-refractivity contribution is 7.90. The molecule has 0 fully saturated rings. The average molecular weight is 304 g/mol. The zero-order chi connectivity index (χ0) is 14.6. The number of thiophene rings is 1. The van der Waals surface area contributed by atoms with Crippen LogP contribution in [0, 0.1) is 13.8 Å². The van der Waals surface area contributed by atoms with Crippen molar-refractivity contribution in [2.45, 2.75) is 52.5 Å². The highest BCUT2D eigenvalue weighted by atomic mass is 32.2. The highest BCUT2D eigenvalue weighted by Crippen LogP contribution is 2.20. The topological polar surface area (TPSA) is 58.2 Å². The molecule has 0 aliphatic heterocycles. The van der Waals surface area contributed by atoms with Gasteiger partial charge in [0.2, 0.25) is 10.0 Å². The Labute approximate surface area is 120 Å². The Balaban J connectivity index is 2.54. The average Bonchev–Trinajstić information content (AvgIpc) is 2.63. The zero-order valence-corrected chi connectivity index (χ0v) is 13.9. The molecular formula is C13H24N2O2S2. The minimum absolute atomic E-state index is 0.292. The number of hydrogen-bond donors (Lipinski definition) is 2. The van der Waals surface area contributed by atoms with Crippen LogP contribution in [0.15, 0.2) is 6.07 Å². The molecule has 0 aliphatic rings. The Kier molecular flexibility index (Phi) is 5.98. The molecule has 4 nitrogen and oxygen atoms in total.